The van der Waals surface area contributed by atoms with Crippen LogP contribution in [-0.4, -0.2) is 44.1 Å². The number of nitrogens with one attached hydrogen (secondary N) is 1. The maximum Gasteiger partial charge on any atom is 0.235 e. The summed E-state index contributed by atoms with van der Waals surface area (Å²) in [5.74, 6) is 0.800. The number of nitrogens with zero attached hydrogens (tertiary/aromatic N) is 4. The number of amides is 1. The number of carbonyl (C=O) groups excluding carboxylic acids is 1. The maximum absolute atomic E-state index is 13.2. The third-order valence-corrected chi connectivity index (χ3v) is 4.41. The van der Waals surface area contributed by atoms with E-state index < -0.39 is 5.41 Å². The van der Waals surface area contributed by atoms with Crippen molar-refractivity contribution < 1.29 is 9.18 Å². The van der Waals surface area contributed by atoms with Crippen LogP contribution in [0.1, 0.15) is 18.4 Å². The Morgan fingerprint density at radius 1 is 1.12 bits per heavy atom. The molecular formula is C18H22FN5O. The number of rotatable bonds is 5. The Kier molecular flexibility index (Phi) is 4.32. The quantitative estimate of drug-likeness (QED) is 0.903. The predicted octanol–water partition coefficient (Wildman–Crippen LogP) is 2.42. The lowest BCUT2D eigenvalue weighted by molar-refractivity contribution is -0.118. The van der Waals surface area contributed by atoms with E-state index >= 15 is 0 Å². The number of hydrogen-bond acceptors (Lipinski definition) is 5. The third kappa shape index (κ3) is 3.26. The first kappa shape index (κ1) is 17.1. The molecule has 1 aromatic carbocycles. The minimum Gasteiger partial charge on any atom is -0.361 e. The van der Waals surface area contributed by atoms with Gasteiger partial charge in [0.2, 0.25) is 11.9 Å². The zero-order valence-electron chi connectivity index (χ0n) is 14.9. The third-order valence-electron chi connectivity index (χ3n) is 4.41. The van der Waals surface area contributed by atoms with Crippen LogP contribution in [0.4, 0.5) is 21.8 Å². The molecule has 1 heterocycles. The second-order valence-electron chi connectivity index (χ2n) is 6.74. The lowest BCUT2D eigenvalue weighted by Crippen LogP contribution is -2.29. The molecule has 0 unspecified atom stereocenters. The van der Waals surface area contributed by atoms with Crippen LogP contribution in [0, 0.1) is 5.82 Å². The average Bonchev–Trinajstić information content (AvgIpc) is 3.37. The maximum atomic E-state index is 13.2. The summed E-state index contributed by atoms with van der Waals surface area (Å²) in [7, 11) is 7.45. The van der Waals surface area contributed by atoms with Crippen molar-refractivity contribution in [3.05, 3.63) is 41.8 Å². The molecule has 1 saturated carbocycles. The van der Waals surface area contributed by atoms with E-state index in [9.17, 15) is 9.18 Å². The van der Waals surface area contributed by atoms with E-state index in [2.05, 4.69) is 15.3 Å². The Bertz CT molecular complexity index is 785. The van der Waals surface area contributed by atoms with Crippen molar-refractivity contribution in [1.82, 2.24) is 9.97 Å². The number of carbonyl (C=O) groups is 1. The van der Waals surface area contributed by atoms with Gasteiger partial charge in [-0.05, 0) is 30.5 Å². The van der Waals surface area contributed by atoms with Gasteiger partial charge in [0.25, 0.3) is 0 Å². The molecule has 1 aromatic heterocycles. The summed E-state index contributed by atoms with van der Waals surface area (Å²) in [6, 6.07) is 6.15. The molecule has 1 aliphatic rings. The minimum absolute atomic E-state index is 0.108. The van der Waals surface area contributed by atoms with Crippen LogP contribution in [0.2, 0.25) is 0 Å². The molecule has 0 atom stereocenters. The first-order valence-electron chi connectivity index (χ1n) is 8.13. The van der Waals surface area contributed by atoms with Gasteiger partial charge in [0.15, 0.2) is 5.82 Å². The van der Waals surface area contributed by atoms with Gasteiger partial charge >= 0.3 is 0 Å². The van der Waals surface area contributed by atoms with Crippen LogP contribution in [0.5, 0.6) is 0 Å². The standard InChI is InChI=1S/C18H22FN5O/c1-23(2)15-14(11-20-17(22-15)24(3)4)21-16(25)18(9-10-18)12-5-7-13(19)8-6-12/h5-8,11H,9-10H2,1-4H3,(H,21,25). The van der Waals surface area contributed by atoms with Crippen molar-refractivity contribution in [2.45, 2.75) is 18.3 Å². The summed E-state index contributed by atoms with van der Waals surface area (Å²) in [6.07, 6.45) is 3.12. The second-order valence-corrected chi connectivity index (χ2v) is 6.74. The van der Waals surface area contributed by atoms with Crippen molar-refractivity contribution in [3.63, 3.8) is 0 Å². The summed E-state index contributed by atoms with van der Waals surface area (Å²) in [6.45, 7) is 0. The molecule has 25 heavy (non-hydrogen) atoms. The highest BCUT2D eigenvalue weighted by Gasteiger charge is 2.51. The van der Waals surface area contributed by atoms with Gasteiger partial charge in [-0.3, -0.25) is 4.79 Å². The smallest absolute Gasteiger partial charge is 0.235 e. The summed E-state index contributed by atoms with van der Waals surface area (Å²) in [5, 5.41) is 2.96. The molecule has 1 amide bonds. The molecule has 132 valence electrons. The Hall–Kier alpha value is -2.70. The van der Waals surface area contributed by atoms with Crippen molar-refractivity contribution >= 4 is 23.4 Å². The fraction of sp³-hybridized carbons (Fsp3) is 0.389. The van der Waals surface area contributed by atoms with Gasteiger partial charge in [-0.15, -0.1) is 0 Å². The van der Waals surface area contributed by atoms with E-state index in [0.29, 0.717) is 17.5 Å². The second kappa shape index (κ2) is 6.31. The van der Waals surface area contributed by atoms with Crippen LogP contribution >= 0.6 is 0 Å². The van der Waals surface area contributed by atoms with Crippen LogP contribution in [0.3, 0.4) is 0 Å². The van der Waals surface area contributed by atoms with Crippen LogP contribution < -0.4 is 15.1 Å². The van der Waals surface area contributed by atoms with E-state index in [4.69, 9.17) is 0 Å². The molecule has 1 fully saturated rings. The van der Waals surface area contributed by atoms with Gasteiger partial charge in [-0.2, -0.15) is 4.98 Å². The van der Waals surface area contributed by atoms with Gasteiger partial charge in [0, 0.05) is 28.2 Å². The Morgan fingerprint density at radius 2 is 1.76 bits per heavy atom. The molecule has 0 radical (unpaired) electrons. The largest absolute Gasteiger partial charge is 0.361 e. The highest BCUT2D eigenvalue weighted by Crippen LogP contribution is 2.49. The summed E-state index contributed by atoms with van der Waals surface area (Å²) < 4.78 is 13.2. The first-order chi connectivity index (χ1) is 11.8. The fourth-order valence-electron chi connectivity index (χ4n) is 2.79. The van der Waals surface area contributed by atoms with E-state index in [-0.39, 0.29) is 11.7 Å². The average molecular weight is 343 g/mol. The van der Waals surface area contributed by atoms with Crippen LogP contribution in [0.25, 0.3) is 0 Å². The number of aromatic nitrogens is 2. The van der Waals surface area contributed by atoms with Crippen molar-refractivity contribution in [1.29, 1.82) is 0 Å². The lowest BCUT2D eigenvalue weighted by Gasteiger charge is -2.21. The lowest BCUT2D eigenvalue weighted by atomic mass is 9.95. The Balaban J connectivity index is 1.87. The van der Waals surface area contributed by atoms with Gasteiger partial charge in [-0.1, -0.05) is 12.1 Å². The van der Waals surface area contributed by atoms with Gasteiger partial charge < -0.3 is 15.1 Å². The zero-order chi connectivity index (χ0) is 18.2. The van der Waals surface area contributed by atoms with Gasteiger partial charge in [-0.25, -0.2) is 9.37 Å². The van der Waals surface area contributed by atoms with Crippen molar-refractivity contribution in [2.24, 2.45) is 0 Å². The summed E-state index contributed by atoms with van der Waals surface area (Å²) >= 11 is 0. The van der Waals surface area contributed by atoms with Crippen molar-refractivity contribution in [2.75, 3.05) is 43.3 Å². The predicted molar refractivity (Wildman–Crippen MR) is 96.6 cm³/mol. The number of hydrogen-bond donors (Lipinski definition) is 1. The van der Waals surface area contributed by atoms with Gasteiger partial charge in [0.1, 0.15) is 11.5 Å². The fourth-order valence-corrected chi connectivity index (χ4v) is 2.79. The molecular weight excluding hydrogens is 321 g/mol. The Labute approximate surface area is 146 Å². The number of benzene rings is 1. The van der Waals surface area contributed by atoms with Crippen LogP contribution in [-0.2, 0) is 10.2 Å². The normalized spacial score (nSPS) is 14.8. The summed E-state index contributed by atoms with van der Waals surface area (Å²) in [4.78, 5) is 25.3. The zero-order valence-corrected chi connectivity index (χ0v) is 14.9. The Morgan fingerprint density at radius 3 is 2.28 bits per heavy atom. The summed E-state index contributed by atoms with van der Waals surface area (Å²) in [5.41, 5.74) is 0.815. The first-order valence-corrected chi connectivity index (χ1v) is 8.13. The van der Waals surface area contributed by atoms with Crippen LogP contribution in [0.15, 0.2) is 30.5 Å². The molecule has 0 aliphatic heterocycles. The molecule has 0 bridgehead atoms. The van der Waals surface area contributed by atoms with Crippen molar-refractivity contribution in [3.8, 4) is 0 Å². The molecule has 1 aliphatic carbocycles. The SMILES string of the molecule is CN(C)c1ncc(NC(=O)C2(c3ccc(F)cc3)CC2)c(N(C)C)n1. The topological polar surface area (TPSA) is 61.4 Å². The van der Waals surface area contributed by atoms with E-state index in [0.717, 1.165) is 18.4 Å². The molecule has 3 rings (SSSR count). The molecule has 1 N–H and O–H groups in total. The molecule has 0 saturated heterocycles. The molecule has 0 spiro atoms. The molecule has 7 heteroatoms. The highest BCUT2D eigenvalue weighted by molar-refractivity contribution is 6.02. The van der Waals surface area contributed by atoms with Gasteiger partial charge in [0.05, 0.1) is 11.6 Å². The number of halogens is 1. The van der Waals surface area contributed by atoms with E-state index in [1.165, 1.54) is 12.1 Å². The van der Waals surface area contributed by atoms with E-state index in [1.54, 1.807) is 23.2 Å². The molecule has 2 aromatic rings. The van der Waals surface area contributed by atoms with E-state index in [1.807, 2.05) is 33.1 Å². The number of anilines is 3. The minimum atomic E-state index is -0.586. The highest BCUT2D eigenvalue weighted by atomic mass is 19.1. The molecule has 6 nitrogen and oxygen atoms in total. The monoisotopic (exact) mass is 343 g/mol.